The summed E-state index contributed by atoms with van der Waals surface area (Å²) in [6.45, 7) is 5.70. The summed E-state index contributed by atoms with van der Waals surface area (Å²) in [6.07, 6.45) is 4.42. The summed E-state index contributed by atoms with van der Waals surface area (Å²) in [5.41, 5.74) is 2.53. The number of nitrogens with one attached hydrogen (secondary N) is 2. The summed E-state index contributed by atoms with van der Waals surface area (Å²) in [4.78, 5) is 9.31. The molecule has 2 heterocycles. The molecule has 1 aliphatic rings. The lowest BCUT2D eigenvalue weighted by Gasteiger charge is -2.19. The van der Waals surface area contributed by atoms with E-state index < -0.39 is 0 Å². The number of nitrogens with zero attached hydrogens (tertiary/aromatic N) is 2. The average molecular weight is 340 g/mol. The summed E-state index contributed by atoms with van der Waals surface area (Å²) in [5, 5.41) is 6.76. The van der Waals surface area contributed by atoms with Crippen molar-refractivity contribution >= 4 is 23.0 Å². The highest BCUT2D eigenvalue weighted by molar-refractivity contribution is 7.11. The summed E-state index contributed by atoms with van der Waals surface area (Å²) < 4.78 is 0. The van der Waals surface area contributed by atoms with Gasteiger partial charge in [0, 0.05) is 42.1 Å². The SMILES string of the molecule is CN=C(NCc1cccc(N2CC=CC2)c1)NCc1ccc(C)s1. The largest absolute Gasteiger partial charge is 0.364 e. The molecule has 2 aromatic rings. The quantitative estimate of drug-likeness (QED) is 0.498. The van der Waals surface area contributed by atoms with Crippen LogP contribution in [0.2, 0.25) is 0 Å². The zero-order valence-electron chi connectivity index (χ0n) is 14.2. The second-order valence-electron chi connectivity index (χ2n) is 5.84. The van der Waals surface area contributed by atoms with Crippen LogP contribution in [0.4, 0.5) is 5.69 Å². The van der Waals surface area contributed by atoms with Gasteiger partial charge in [0.15, 0.2) is 5.96 Å². The summed E-state index contributed by atoms with van der Waals surface area (Å²) in [6, 6.07) is 13.0. The fraction of sp³-hybridized carbons (Fsp3) is 0.316. The van der Waals surface area contributed by atoms with Crippen molar-refractivity contribution in [3.05, 3.63) is 63.9 Å². The van der Waals surface area contributed by atoms with Crippen LogP contribution in [0, 0.1) is 6.92 Å². The minimum atomic E-state index is 0.762. The molecule has 1 aliphatic heterocycles. The number of hydrogen-bond donors (Lipinski definition) is 2. The first-order chi connectivity index (χ1) is 11.7. The number of aryl methyl sites for hydroxylation is 1. The van der Waals surface area contributed by atoms with Gasteiger partial charge >= 0.3 is 0 Å². The maximum absolute atomic E-state index is 4.30. The lowest BCUT2D eigenvalue weighted by atomic mass is 10.2. The molecule has 0 amide bonds. The van der Waals surface area contributed by atoms with Gasteiger partial charge in [-0.25, -0.2) is 0 Å². The van der Waals surface area contributed by atoms with E-state index in [1.807, 2.05) is 11.3 Å². The molecule has 3 rings (SSSR count). The van der Waals surface area contributed by atoms with Gasteiger partial charge in [-0.2, -0.15) is 0 Å². The standard InChI is InChI=1S/C19H24N4S/c1-15-8-9-18(24-15)14-22-19(20-2)21-13-16-6-5-7-17(12-16)23-10-3-4-11-23/h3-9,12H,10-11,13-14H2,1-2H3,(H2,20,21,22). The minimum Gasteiger partial charge on any atom is -0.364 e. The van der Waals surface area contributed by atoms with E-state index in [0.717, 1.165) is 32.1 Å². The van der Waals surface area contributed by atoms with Crippen molar-refractivity contribution in [2.45, 2.75) is 20.0 Å². The van der Waals surface area contributed by atoms with Crippen molar-refractivity contribution in [2.24, 2.45) is 4.99 Å². The van der Waals surface area contributed by atoms with Gasteiger partial charge in [-0.15, -0.1) is 11.3 Å². The second kappa shape index (κ2) is 8.02. The first-order valence-electron chi connectivity index (χ1n) is 8.23. The van der Waals surface area contributed by atoms with E-state index in [1.165, 1.54) is 21.0 Å². The molecule has 126 valence electrons. The van der Waals surface area contributed by atoms with Crippen LogP contribution in [0.5, 0.6) is 0 Å². The first-order valence-corrected chi connectivity index (χ1v) is 9.05. The predicted octanol–water partition coefficient (Wildman–Crippen LogP) is 3.30. The van der Waals surface area contributed by atoms with Crippen LogP contribution in [0.25, 0.3) is 0 Å². The molecule has 0 spiro atoms. The van der Waals surface area contributed by atoms with E-state index in [1.54, 1.807) is 7.05 Å². The van der Waals surface area contributed by atoms with Gasteiger partial charge < -0.3 is 15.5 Å². The molecule has 1 aromatic heterocycles. The number of hydrogen-bond acceptors (Lipinski definition) is 3. The van der Waals surface area contributed by atoms with Crippen LogP contribution < -0.4 is 15.5 Å². The van der Waals surface area contributed by atoms with E-state index in [9.17, 15) is 0 Å². The van der Waals surface area contributed by atoms with Gasteiger partial charge in [0.25, 0.3) is 0 Å². The van der Waals surface area contributed by atoms with Gasteiger partial charge in [0.2, 0.25) is 0 Å². The van der Waals surface area contributed by atoms with Crippen LogP contribution in [0.15, 0.2) is 53.5 Å². The molecule has 5 heteroatoms. The molecular formula is C19H24N4S. The van der Waals surface area contributed by atoms with Crippen molar-refractivity contribution in [1.82, 2.24) is 10.6 Å². The van der Waals surface area contributed by atoms with E-state index in [2.05, 4.69) is 76.0 Å². The lowest BCUT2D eigenvalue weighted by Crippen LogP contribution is -2.36. The summed E-state index contributed by atoms with van der Waals surface area (Å²) in [5.74, 6) is 0.828. The fourth-order valence-corrected chi connectivity index (χ4v) is 3.54. The number of benzene rings is 1. The van der Waals surface area contributed by atoms with Gasteiger partial charge in [0.05, 0.1) is 6.54 Å². The maximum atomic E-state index is 4.30. The van der Waals surface area contributed by atoms with Crippen molar-refractivity contribution in [3.8, 4) is 0 Å². The number of aliphatic imine (C=N–C) groups is 1. The molecule has 4 nitrogen and oxygen atoms in total. The topological polar surface area (TPSA) is 39.7 Å². The number of guanidine groups is 1. The average Bonchev–Trinajstić information content (AvgIpc) is 3.27. The number of thiophene rings is 1. The number of anilines is 1. The normalized spacial score (nSPS) is 14.2. The second-order valence-corrected chi connectivity index (χ2v) is 7.21. The van der Waals surface area contributed by atoms with E-state index in [-0.39, 0.29) is 0 Å². The predicted molar refractivity (Wildman–Crippen MR) is 104 cm³/mol. The summed E-state index contributed by atoms with van der Waals surface area (Å²) >= 11 is 1.81. The summed E-state index contributed by atoms with van der Waals surface area (Å²) in [7, 11) is 1.81. The monoisotopic (exact) mass is 340 g/mol. The third-order valence-electron chi connectivity index (χ3n) is 4.00. The smallest absolute Gasteiger partial charge is 0.191 e. The van der Waals surface area contributed by atoms with Crippen LogP contribution in [-0.2, 0) is 13.1 Å². The van der Waals surface area contributed by atoms with Gasteiger partial charge in [0.1, 0.15) is 0 Å². The zero-order valence-corrected chi connectivity index (χ0v) is 15.1. The Morgan fingerprint density at radius 2 is 1.92 bits per heavy atom. The van der Waals surface area contributed by atoms with E-state index in [0.29, 0.717) is 0 Å². The highest BCUT2D eigenvalue weighted by atomic mass is 32.1. The maximum Gasteiger partial charge on any atom is 0.191 e. The Kier molecular flexibility index (Phi) is 5.54. The molecule has 2 N–H and O–H groups in total. The first kappa shape index (κ1) is 16.6. The Labute approximate surface area is 147 Å². The molecule has 1 aromatic carbocycles. The molecule has 0 bridgehead atoms. The molecule has 0 radical (unpaired) electrons. The molecule has 0 aliphatic carbocycles. The number of rotatable bonds is 5. The van der Waals surface area contributed by atoms with E-state index in [4.69, 9.17) is 0 Å². The van der Waals surface area contributed by atoms with Crippen molar-refractivity contribution in [3.63, 3.8) is 0 Å². The van der Waals surface area contributed by atoms with Crippen molar-refractivity contribution < 1.29 is 0 Å². The Bertz CT molecular complexity index is 724. The van der Waals surface area contributed by atoms with Crippen molar-refractivity contribution in [1.29, 1.82) is 0 Å². The van der Waals surface area contributed by atoms with Crippen LogP contribution in [0.1, 0.15) is 15.3 Å². The highest BCUT2D eigenvalue weighted by Gasteiger charge is 2.08. The van der Waals surface area contributed by atoms with Crippen LogP contribution >= 0.6 is 11.3 Å². The van der Waals surface area contributed by atoms with Crippen LogP contribution in [0.3, 0.4) is 0 Å². The minimum absolute atomic E-state index is 0.762. The zero-order chi connectivity index (χ0) is 16.8. The van der Waals surface area contributed by atoms with Gasteiger partial charge in [-0.3, -0.25) is 4.99 Å². The molecule has 24 heavy (non-hydrogen) atoms. The Morgan fingerprint density at radius 3 is 2.62 bits per heavy atom. The molecule has 0 unspecified atom stereocenters. The highest BCUT2D eigenvalue weighted by Crippen LogP contribution is 2.18. The third kappa shape index (κ3) is 4.38. The van der Waals surface area contributed by atoms with Crippen LogP contribution in [-0.4, -0.2) is 26.1 Å². The van der Waals surface area contributed by atoms with Gasteiger partial charge in [-0.05, 0) is 36.8 Å². The third-order valence-corrected chi connectivity index (χ3v) is 5.00. The molecule has 0 saturated heterocycles. The van der Waals surface area contributed by atoms with E-state index >= 15 is 0 Å². The Hall–Kier alpha value is -2.27. The molecular weight excluding hydrogens is 316 g/mol. The van der Waals surface area contributed by atoms with Crippen molar-refractivity contribution in [2.75, 3.05) is 25.0 Å². The Morgan fingerprint density at radius 1 is 1.12 bits per heavy atom. The lowest BCUT2D eigenvalue weighted by molar-refractivity contribution is 0.815. The molecule has 0 fully saturated rings. The van der Waals surface area contributed by atoms with Gasteiger partial charge in [-0.1, -0.05) is 24.3 Å². The molecule has 0 atom stereocenters. The molecule has 0 saturated carbocycles. The fourth-order valence-electron chi connectivity index (χ4n) is 2.71. The Balaban J connectivity index is 1.52.